The molecule has 3 nitrogen and oxygen atoms in total. The van der Waals surface area contributed by atoms with Gasteiger partial charge in [-0.05, 0) is 18.1 Å². The standard InChI is InChI=1S/C9H13NO2/c1-7(9(11)12)5-8-3-2-4-10-6-8/h2-4,6-7,9,11-12H,5H2,1H3. The van der Waals surface area contributed by atoms with E-state index in [0.717, 1.165) is 5.56 Å². The van der Waals surface area contributed by atoms with Crippen LogP contribution >= 0.6 is 0 Å². The van der Waals surface area contributed by atoms with Gasteiger partial charge in [-0.2, -0.15) is 0 Å². The van der Waals surface area contributed by atoms with Crippen molar-refractivity contribution in [3.8, 4) is 0 Å². The van der Waals surface area contributed by atoms with E-state index in [-0.39, 0.29) is 5.92 Å². The molecule has 1 aromatic heterocycles. The van der Waals surface area contributed by atoms with Gasteiger partial charge in [0.2, 0.25) is 0 Å². The molecule has 0 aliphatic heterocycles. The molecule has 0 aliphatic carbocycles. The average molecular weight is 167 g/mol. The molecule has 3 heteroatoms. The van der Waals surface area contributed by atoms with Crippen LogP contribution in [0.2, 0.25) is 0 Å². The van der Waals surface area contributed by atoms with Crippen LogP contribution in [0, 0.1) is 5.92 Å². The van der Waals surface area contributed by atoms with E-state index in [1.54, 1.807) is 19.3 Å². The molecule has 0 aliphatic rings. The summed E-state index contributed by atoms with van der Waals surface area (Å²) < 4.78 is 0. The summed E-state index contributed by atoms with van der Waals surface area (Å²) in [5.74, 6) is -0.144. The van der Waals surface area contributed by atoms with Crippen LogP contribution in [-0.2, 0) is 6.42 Å². The minimum atomic E-state index is -1.25. The van der Waals surface area contributed by atoms with Crippen LogP contribution in [-0.4, -0.2) is 21.5 Å². The number of aliphatic hydroxyl groups is 2. The van der Waals surface area contributed by atoms with E-state index in [2.05, 4.69) is 4.98 Å². The quantitative estimate of drug-likeness (QED) is 0.647. The SMILES string of the molecule is CC(Cc1cccnc1)C(O)O. The Morgan fingerprint density at radius 1 is 1.50 bits per heavy atom. The molecular formula is C9H13NO2. The van der Waals surface area contributed by atoms with Gasteiger partial charge in [0.05, 0.1) is 0 Å². The monoisotopic (exact) mass is 167 g/mol. The predicted octanol–water partition coefficient (Wildman–Crippen LogP) is 0.571. The summed E-state index contributed by atoms with van der Waals surface area (Å²) in [7, 11) is 0. The van der Waals surface area contributed by atoms with Crippen LogP contribution in [0.5, 0.6) is 0 Å². The zero-order valence-corrected chi connectivity index (χ0v) is 7.01. The molecule has 0 spiro atoms. The van der Waals surface area contributed by atoms with Crippen molar-refractivity contribution in [3.05, 3.63) is 30.1 Å². The number of rotatable bonds is 3. The zero-order chi connectivity index (χ0) is 8.97. The largest absolute Gasteiger partial charge is 0.368 e. The Balaban J connectivity index is 2.53. The Kier molecular flexibility index (Phi) is 3.19. The van der Waals surface area contributed by atoms with Gasteiger partial charge >= 0.3 is 0 Å². The predicted molar refractivity (Wildman–Crippen MR) is 45.3 cm³/mol. The number of pyridine rings is 1. The first-order valence-electron chi connectivity index (χ1n) is 3.95. The Morgan fingerprint density at radius 3 is 2.75 bits per heavy atom. The van der Waals surface area contributed by atoms with E-state index >= 15 is 0 Å². The third-order valence-electron chi connectivity index (χ3n) is 1.79. The molecule has 1 aromatic rings. The molecule has 66 valence electrons. The Bertz CT molecular complexity index is 223. The summed E-state index contributed by atoms with van der Waals surface area (Å²) in [4.78, 5) is 3.93. The molecule has 1 atom stereocenters. The molecule has 0 radical (unpaired) electrons. The second-order valence-electron chi connectivity index (χ2n) is 2.96. The average Bonchev–Trinajstić information content (AvgIpc) is 2.06. The summed E-state index contributed by atoms with van der Waals surface area (Å²) >= 11 is 0. The van der Waals surface area contributed by atoms with E-state index in [1.807, 2.05) is 12.1 Å². The molecule has 0 saturated heterocycles. The Morgan fingerprint density at radius 2 is 2.25 bits per heavy atom. The van der Waals surface area contributed by atoms with Crippen molar-refractivity contribution in [1.29, 1.82) is 0 Å². The number of hydrogen-bond donors (Lipinski definition) is 2. The summed E-state index contributed by atoms with van der Waals surface area (Å²) in [6.07, 6.45) is 2.83. The van der Waals surface area contributed by atoms with E-state index in [4.69, 9.17) is 10.2 Å². The number of nitrogens with zero attached hydrogens (tertiary/aromatic N) is 1. The van der Waals surface area contributed by atoms with Crippen LogP contribution in [0.15, 0.2) is 24.5 Å². The highest BCUT2D eigenvalue weighted by Crippen LogP contribution is 2.08. The van der Waals surface area contributed by atoms with Crippen LogP contribution < -0.4 is 0 Å². The number of aliphatic hydroxyl groups excluding tert-OH is 1. The second-order valence-corrected chi connectivity index (χ2v) is 2.96. The first-order valence-corrected chi connectivity index (χ1v) is 3.95. The van der Waals surface area contributed by atoms with Gasteiger partial charge < -0.3 is 10.2 Å². The van der Waals surface area contributed by atoms with E-state index < -0.39 is 6.29 Å². The molecule has 0 saturated carbocycles. The topological polar surface area (TPSA) is 53.4 Å². The summed E-state index contributed by atoms with van der Waals surface area (Å²) in [5.41, 5.74) is 1.03. The van der Waals surface area contributed by atoms with Crippen LogP contribution in [0.25, 0.3) is 0 Å². The number of hydrogen-bond acceptors (Lipinski definition) is 3. The van der Waals surface area contributed by atoms with Crippen molar-refractivity contribution >= 4 is 0 Å². The van der Waals surface area contributed by atoms with Crippen molar-refractivity contribution < 1.29 is 10.2 Å². The third-order valence-corrected chi connectivity index (χ3v) is 1.79. The fourth-order valence-electron chi connectivity index (χ4n) is 0.996. The van der Waals surface area contributed by atoms with Gasteiger partial charge in [-0.1, -0.05) is 13.0 Å². The van der Waals surface area contributed by atoms with Gasteiger partial charge in [-0.25, -0.2) is 0 Å². The van der Waals surface area contributed by atoms with E-state index in [1.165, 1.54) is 0 Å². The van der Waals surface area contributed by atoms with Crippen molar-refractivity contribution in [1.82, 2.24) is 4.98 Å². The Labute approximate surface area is 71.7 Å². The molecular weight excluding hydrogens is 154 g/mol. The van der Waals surface area contributed by atoms with Gasteiger partial charge in [0.15, 0.2) is 6.29 Å². The minimum Gasteiger partial charge on any atom is -0.368 e. The van der Waals surface area contributed by atoms with Crippen molar-refractivity contribution in [3.63, 3.8) is 0 Å². The molecule has 12 heavy (non-hydrogen) atoms. The number of aromatic nitrogens is 1. The van der Waals surface area contributed by atoms with Crippen molar-refractivity contribution in [2.75, 3.05) is 0 Å². The Hall–Kier alpha value is -0.930. The second kappa shape index (κ2) is 4.18. The molecule has 1 unspecified atom stereocenters. The van der Waals surface area contributed by atoms with Gasteiger partial charge in [0.1, 0.15) is 0 Å². The first-order chi connectivity index (χ1) is 5.70. The summed E-state index contributed by atoms with van der Waals surface area (Å²) in [6.45, 7) is 1.79. The highest BCUT2D eigenvalue weighted by atomic mass is 16.5. The van der Waals surface area contributed by atoms with Crippen molar-refractivity contribution in [2.45, 2.75) is 19.6 Å². The van der Waals surface area contributed by atoms with Crippen LogP contribution in [0.4, 0.5) is 0 Å². The smallest absolute Gasteiger partial charge is 0.154 e. The lowest BCUT2D eigenvalue weighted by atomic mass is 10.0. The normalized spacial score (nSPS) is 13.3. The molecule has 0 bridgehead atoms. The van der Waals surface area contributed by atoms with Gasteiger partial charge in [-0.15, -0.1) is 0 Å². The lowest BCUT2D eigenvalue weighted by molar-refractivity contribution is -0.0780. The molecule has 0 fully saturated rings. The van der Waals surface area contributed by atoms with E-state index in [9.17, 15) is 0 Å². The maximum atomic E-state index is 8.82. The van der Waals surface area contributed by atoms with E-state index in [0.29, 0.717) is 6.42 Å². The van der Waals surface area contributed by atoms with Crippen LogP contribution in [0.1, 0.15) is 12.5 Å². The molecule has 0 aromatic carbocycles. The third kappa shape index (κ3) is 2.60. The fourth-order valence-corrected chi connectivity index (χ4v) is 0.996. The van der Waals surface area contributed by atoms with Crippen LogP contribution in [0.3, 0.4) is 0 Å². The van der Waals surface area contributed by atoms with Crippen molar-refractivity contribution in [2.24, 2.45) is 5.92 Å². The summed E-state index contributed by atoms with van der Waals surface area (Å²) in [5, 5.41) is 17.6. The first kappa shape index (κ1) is 9.16. The highest BCUT2D eigenvalue weighted by Gasteiger charge is 2.10. The van der Waals surface area contributed by atoms with Gasteiger partial charge in [-0.3, -0.25) is 4.98 Å². The molecule has 1 heterocycles. The molecule has 1 rings (SSSR count). The maximum absolute atomic E-state index is 8.82. The van der Waals surface area contributed by atoms with Gasteiger partial charge in [0.25, 0.3) is 0 Å². The lowest BCUT2D eigenvalue weighted by Crippen LogP contribution is -2.18. The highest BCUT2D eigenvalue weighted by molar-refractivity contribution is 5.08. The lowest BCUT2D eigenvalue weighted by Gasteiger charge is -2.12. The molecule has 0 amide bonds. The summed E-state index contributed by atoms with van der Waals surface area (Å²) in [6, 6.07) is 3.76. The zero-order valence-electron chi connectivity index (χ0n) is 7.01. The minimum absolute atomic E-state index is 0.144. The van der Waals surface area contributed by atoms with Gasteiger partial charge in [0, 0.05) is 18.3 Å². The fraction of sp³-hybridized carbons (Fsp3) is 0.444. The maximum Gasteiger partial charge on any atom is 0.154 e. The molecule has 2 N–H and O–H groups in total.